The van der Waals surface area contributed by atoms with Crippen LogP contribution in [0.1, 0.15) is 12.8 Å². The van der Waals surface area contributed by atoms with Crippen LogP contribution < -0.4 is 9.64 Å². The molecule has 2 aliphatic heterocycles. The molecule has 0 aliphatic carbocycles. The van der Waals surface area contributed by atoms with E-state index in [0.29, 0.717) is 49.8 Å². The van der Waals surface area contributed by atoms with Crippen LogP contribution in [0.3, 0.4) is 0 Å². The van der Waals surface area contributed by atoms with Crippen LogP contribution in [0.5, 0.6) is 5.75 Å². The highest BCUT2D eigenvalue weighted by Gasteiger charge is 2.42. The molecule has 8 nitrogen and oxygen atoms in total. The van der Waals surface area contributed by atoms with Crippen molar-refractivity contribution in [2.75, 3.05) is 44.7 Å². The molecule has 11 heteroatoms. The Hall–Kier alpha value is -2.21. The van der Waals surface area contributed by atoms with Crippen molar-refractivity contribution in [1.82, 2.24) is 14.2 Å². The van der Waals surface area contributed by atoms with E-state index in [4.69, 9.17) is 9.72 Å². The first-order valence-electron chi connectivity index (χ1n) is 10.5. The molecule has 170 valence electrons. The minimum absolute atomic E-state index is 0.0867. The van der Waals surface area contributed by atoms with Crippen molar-refractivity contribution in [3.8, 4) is 5.75 Å². The normalized spacial score (nSPS) is 20.2. The molecule has 1 atom stereocenters. The molecule has 5 rings (SSSR count). The number of rotatable bonds is 5. The molecule has 0 N–H and O–H groups in total. The van der Waals surface area contributed by atoms with Gasteiger partial charge in [0.05, 0.1) is 17.3 Å². The van der Waals surface area contributed by atoms with Gasteiger partial charge in [-0.05, 0) is 42.5 Å². The molecule has 2 aliphatic rings. The van der Waals surface area contributed by atoms with Crippen molar-refractivity contribution in [3.63, 3.8) is 0 Å². The summed E-state index contributed by atoms with van der Waals surface area (Å²) in [5.74, 6) is 0.720. The molecule has 2 saturated heterocycles. The summed E-state index contributed by atoms with van der Waals surface area (Å²) in [4.78, 5) is 22.0. The standard InChI is InChI=1S/C21H24N4O4S3/c1-29-15-6-7-16-18(14-15)31-21(22-16)24-11-9-23(10-12-24)20(26)17-4-2-8-25(17)32(27,28)19-5-3-13-30-19/h3,5-7,13-14,17H,2,4,8-12H2,1H3. The number of methoxy groups -OCH3 is 1. The van der Waals surface area contributed by atoms with Crippen LogP contribution in [0.2, 0.25) is 0 Å². The molecular weight excluding hydrogens is 468 g/mol. The van der Waals surface area contributed by atoms with Crippen LogP contribution in [0.15, 0.2) is 39.9 Å². The van der Waals surface area contributed by atoms with Crippen molar-refractivity contribution in [1.29, 1.82) is 0 Å². The van der Waals surface area contributed by atoms with Crippen molar-refractivity contribution in [3.05, 3.63) is 35.7 Å². The Bertz CT molecular complexity index is 1220. The fraction of sp³-hybridized carbons (Fsp3) is 0.429. The number of thiophene rings is 1. The van der Waals surface area contributed by atoms with Gasteiger partial charge in [0, 0.05) is 32.7 Å². The van der Waals surface area contributed by atoms with Gasteiger partial charge in [0.25, 0.3) is 10.0 Å². The average molecular weight is 493 g/mol. The number of carbonyl (C=O) groups excluding carboxylic acids is 1. The maximum atomic E-state index is 13.3. The zero-order valence-corrected chi connectivity index (χ0v) is 20.1. The Balaban J connectivity index is 1.26. The lowest BCUT2D eigenvalue weighted by Gasteiger charge is -2.37. The minimum atomic E-state index is -3.63. The maximum absolute atomic E-state index is 13.3. The lowest BCUT2D eigenvalue weighted by molar-refractivity contribution is -0.134. The number of nitrogens with zero attached hydrogens (tertiary/aromatic N) is 4. The molecule has 2 aromatic heterocycles. The Morgan fingerprint density at radius 2 is 1.97 bits per heavy atom. The Morgan fingerprint density at radius 1 is 1.16 bits per heavy atom. The van der Waals surface area contributed by atoms with Gasteiger partial charge in [-0.15, -0.1) is 11.3 Å². The zero-order valence-electron chi connectivity index (χ0n) is 17.6. The first-order chi connectivity index (χ1) is 15.5. The second-order valence-electron chi connectivity index (χ2n) is 7.85. The third-order valence-corrected chi connectivity index (χ3v) is 10.4. The second kappa shape index (κ2) is 8.62. The van der Waals surface area contributed by atoms with Crippen LogP contribution in [0, 0.1) is 0 Å². The second-order valence-corrected chi connectivity index (χ2v) is 11.9. The van der Waals surface area contributed by atoms with Crippen molar-refractivity contribution >= 4 is 54.0 Å². The van der Waals surface area contributed by atoms with Gasteiger partial charge in [-0.1, -0.05) is 17.4 Å². The largest absolute Gasteiger partial charge is 0.497 e. The van der Waals surface area contributed by atoms with Crippen LogP contribution in [0.4, 0.5) is 5.13 Å². The van der Waals surface area contributed by atoms with E-state index in [0.717, 1.165) is 21.1 Å². The van der Waals surface area contributed by atoms with Crippen LogP contribution >= 0.6 is 22.7 Å². The molecule has 0 saturated carbocycles. The summed E-state index contributed by atoms with van der Waals surface area (Å²) in [6.07, 6.45) is 1.28. The summed E-state index contributed by atoms with van der Waals surface area (Å²) in [5, 5.41) is 2.68. The van der Waals surface area contributed by atoms with E-state index < -0.39 is 16.1 Å². The average Bonchev–Trinajstić information content (AvgIpc) is 3.58. The molecule has 0 spiro atoms. The number of ether oxygens (including phenoxy) is 1. The van der Waals surface area contributed by atoms with E-state index in [-0.39, 0.29) is 5.91 Å². The Kier molecular flexibility index (Phi) is 5.82. The fourth-order valence-corrected chi connectivity index (χ4v) is 8.10. The van der Waals surface area contributed by atoms with Crippen LogP contribution in [-0.2, 0) is 14.8 Å². The number of benzene rings is 1. The number of aromatic nitrogens is 1. The van der Waals surface area contributed by atoms with Gasteiger partial charge in [-0.2, -0.15) is 4.31 Å². The molecular formula is C21H24N4O4S3. The number of thiazole rings is 1. The van der Waals surface area contributed by atoms with E-state index in [1.165, 1.54) is 15.6 Å². The summed E-state index contributed by atoms with van der Waals surface area (Å²) < 4.78 is 34.1. The first-order valence-corrected chi connectivity index (χ1v) is 13.6. The summed E-state index contributed by atoms with van der Waals surface area (Å²) in [6, 6.07) is 8.56. The van der Waals surface area contributed by atoms with Crippen LogP contribution in [-0.4, -0.2) is 74.4 Å². The zero-order chi connectivity index (χ0) is 22.3. The van der Waals surface area contributed by atoms with E-state index in [9.17, 15) is 13.2 Å². The summed E-state index contributed by atoms with van der Waals surface area (Å²) in [6.45, 7) is 2.86. The minimum Gasteiger partial charge on any atom is -0.497 e. The van der Waals surface area contributed by atoms with E-state index in [1.54, 1.807) is 40.9 Å². The number of piperazine rings is 1. The summed E-state index contributed by atoms with van der Waals surface area (Å²) in [7, 11) is -1.98. The van der Waals surface area contributed by atoms with E-state index in [1.807, 2.05) is 18.2 Å². The predicted molar refractivity (Wildman–Crippen MR) is 126 cm³/mol. The molecule has 3 aromatic rings. The lowest BCUT2D eigenvalue weighted by Crippen LogP contribution is -2.54. The molecule has 4 heterocycles. The number of sulfonamides is 1. The van der Waals surface area contributed by atoms with Crippen molar-refractivity contribution in [2.24, 2.45) is 0 Å². The molecule has 0 radical (unpaired) electrons. The number of hydrogen-bond acceptors (Lipinski definition) is 8. The monoisotopic (exact) mass is 492 g/mol. The Morgan fingerprint density at radius 3 is 2.69 bits per heavy atom. The van der Waals surface area contributed by atoms with Gasteiger partial charge in [0.1, 0.15) is 16.0 Å². The Labute approximate surface area is 195 Å². The topological polar surface area (TPSA) is 83.1 Å². The quantitative estimate of drug-likeness (QED) is 0.545. The van der Waals surface area contributed by atoms with E-state index >= 15 is 0 Å². The molecule has 1 amide bonds. The number of anilines is 1. The fourth-order valence-electron chi connectivity index (χ4n) is 4.28. The highest BCUT2D eigenvalue weighted by molar-refractivity contribution is 7.91. The number of fused-ring (bicyclic) bond motifs is 1. The SMILES string of the molecule is COc1ccc2nc(N3CCN(C(=O)C4CCCN4S(=O)(=O)c4cccs4)CC3)sc2c1. The molecule has 1 aromatic carbocycles. The summed E-state index contributed by atoms with van der Waals surface area (Å²) in [5.41, 5.74) is 0.935. The van der Waals surface area contributed by atoms with Crippen LogP contribution in [0.25, 0.3) is 10.2 Å². The third-order valence-electron chi connectivity index (χ3n) is 5.99. The van der Waals surface area contributed by atoms with Gasteiger partial charge in [0.2, 0.25) is 5.91 Å². The highest BCUT2D eigenvalue weighted by Crippen LogP contribution is 2.33. The number of hydrogen-bond donors (Lipinski definition) is 0. The van der Waals surface area contributed by atoms with Gasteiger partial charge in [0.15, 0.2) is 5.13 Å². The van der Waals surface area contributed by atoms with Crippen molar-refractivity contribution in [2.45, 2.75) is 23.1 Å². The van der Waals surface area contributed by atoms with Gasteiger partial charge in [-0.25, -0.2) is 13.4 Å². The van der Waals surface area contributed by atoms with Gasteiger partial charge < -0.3 is 14.5 Å². The first kappa shape index (κ1) is 21.6. The maximum Gasteiger partial charge on any atom is 0.253 e. The van der Waals surface area contributed by atoms with Gasteiger partial charge >= 0.3 is 0 Å². The molecule has 2 fully saturated rings. The van der Waals surface area contributed by atoms with Crippen molar-refractivity contribution < 1.29 is 17.9 Å². The molecule has 32 heavy (non-hydrogen) atoms. The third kappa shape index (κ3) is 3.87. The number of amides is 1. The molecule has 1 unspecified atom stereocenters. The smallest absolute Gasteiger partial charge is 0.253 e. The van der Waals surface area contributed by atoms with Gasteiger partial charge in [-0.3, -0.25) is 4.79 Å². The summed E-state index contributed by atoms with van der Waals surface area (Å²) >= 11 is 2.81. The predicted octanol–water partition coefficient (Wildman–Crippen LogP) is 2.87. The molecule has 0 bridgehead atoms. The van der Waals surface area contributed by atoms with E-state index in [2.05, 4.69) is 4.90 Å². The number of carbonyl (C=O) groups is 1. The highest BCUT2D eigenvalue weighted by atomic mass is 32.2. The lowest BCUT2D eigenvalue weighted by atomic mass is 10.2.